The number of aromatic nitrogens is 2. The quantitative estimate of drug-likeness (QED) is 0.585. The van der Waals surface area contributed by atoms with Gasteiger partial charge < -0.3 is 9.53 Å². The van der Waals surface area contributed by atoms with E-state index in [1.807, 2.05) is 0 Å². The Hall–Kier alpha value is -2.19. The maximum absolute atomic E-state index is 13.0. The van der Waals surface area contributed by atoms with Crippen LogP contribution in [0.1, 0.15) is 37.6 Å². The van der Waals surface area contributed by atoms with Crippen LogP contribution in [0.5, 0.6) is 0 Å². The van der Waals surface area contributed by atoms with Gasteiger partial charge in [-0.1, -0.05) is 13.8 Å². The molecule has 0 saturated heterocycles. The van der Waals surface area contributed by atoms with Gasteiger partial charge in [0.2, 0.25) is 0 Å². The molecular weight excluding hydrogens is 317 g/mol. The number of halogens is 3. The summed E-state index contributed by atoms with van der Waals surface area (Å²) in [4.78, 5) is 34.5. The molecule has 0 unspecified atom stereocenters. The Labute approximate surface area is 130 Å². The summed E-state index contributed by atoms with van der Waals surface area (Å²) in [6.45, 7) is 3.47. The standard InChI is InChI=1S/C14H17F3N2O4/c1-8(2)6-11(13(22)23-3)19-12(21)10(14(15,16)17)7-9(18-19)4-5-20/h5,7-8,11H,4,6H2,1-3H3/t11-/m0/s1. The number of hydrogen-bond donors (Lipinski definition) is 0. The minimum absolute atomic E-state index is 0.0709. The summed E-state index contributed by atoms with van der Waals surface area (Å²) in [5, 5.41) is 3.73. The molecule has 0 radical (unpaired) electrons. The molecule has 128 valence electrons. The van der Waals surface area contributed by atoms with Crippen molar-refractivity contribution in [2.24, 2.45) is 5.92 Å². The van der Waals surface area contributed by atoms with Crippen molar-refractivity contribution in [2.45, 2.75) is 38.9 Å². The largest absolute Gasteiger partial charge is 0.467 e. The maximum atomic E-state index is 13.0. The van der Waals surface area contributed by atoms with E-state index in [0.29, 0.717) is 17.0 Å². The summed E-state index contributed by atoms with van der Waals surface area (Å²) in [6.07, 6.45) is -4.88. The summed E-state index contributed by atoms with van der Waals surface area (Å²) >= 11 is 0. The predicted octanol–water partition coefficient (Wildman–Crippen LogP) is 1.76. The molecule has 0 aliphatic carbocycles. The van der Waals surface area contributed by atoms with Crippen LogP contribution < -0.4 is 5.56 Å². The smallest absolute Gasteiger partial charge is 0.421 e. The van der Waals surface area contributed by atoms with Gasteiger partial charge in [-0.25, -0.2) is 9.48 Å². The Morgan fingerprint density at radius 2 is 2.04 bits per heavy atom. The molecule has 6 nitrogen and oxygen atoms in total. The maximum Gasteiger partial charge on any atom is 0.421 e. The van der Waals surface area contributed by atoms with Crippen molar-refractivity contribution >= 4 is 12.3 Å². The lowest BCUT2D eigenvalue weighted by atomic mass is 10.0. The molecule has 1 rings (SSSR count). The van der Waals surface area contributed by atoms with Crippen molar-refractivity contribution in [2.75, 3.05) is 7.11 Å². The number of alkyl halides is 3. The zero-order valence-corrected chi connectivity index (χ0v) is 12.9. The monoisotopic (exact) mass is 334 g/mol. The van der Waals surface area contributed by atoms with E-state index in [4.69, 9.17) is 0 Å². The number of carbonyl (C=O) groups excluding carboxylic acids is 2. The summed E-state index contributed by atoms with van der Waals surface area (Å²) in [5.41, 5.74) is -3.16. The highest BCUT2D eigenvalue weighted by Crippen LogP contribution is 2.27. The predicted molar refractivity (Wildman–Crippen MR) is 73.8 cm³/mol. The van der Waals surface area contributed by atoms with Gasteiger partial charge in [0, 0.05) is 6.42 Å². The molecule has 0 aliphatic rings. The van der Waals surface area contributed by atoms with Crippen molar-refractivity contribution in [3.63, 3.8) is 0 Å². The third-order valence-corrected chi connectivity index (χ3v) is 3.05. The first-order valence-electron chi connectivity index (χ1n) is 6.83. The minimum atomic E-state index is -4.92. The molecule has 23 heavy (non-hydrogen) atoms. The molecule has 0 bridgehead atoms. The van der Waals surface area contributed by atoms with Crippen molar-refractivity contribution < 1.29 is 27.5 Å². The normalized spacial score (nSPS) is 13.0. The summed E-state index contributed by atoms with van der Waals surface area (Å²) < 4.78 is 44.1. The SMILES string of the molecule is COC(=O)[C@H](CC(C)C)n1nc(CC=O)cc(C(F)(F)F)c1=O. The number of nitrogens with zero attached hydrogens (tertiary/aromatic N) is 2. The molecule has 0 N–H and O–H groups in total. The zero-order valence-electron chi connectivity index (χ0n) is 12.9. The molecule has 1 heterocycles. The first-order valence-corrected chi connectivity index (χ1v) is 6.83. The van der Waals surface area contributed by atoms with Crippen LogP contribution in [0.25, 0.3) is 0 Å². The molecule has 1 aromatic rings. The second-order valence-electron chi connectivity index (χ2n) is 5.34. The van der Waals surface area contributed by atoms with Crippen LogP contribution in [0.15, 0.2) is 10.9 Å². The number of carbonyl (C=O) groups is 2. The van der Waals surface area contributed by atoms with E-state index >= 15 is 0 Å². The van der Waals surface area contributed by atoms with Gasteiger partial charge >= 0.3 is 12.1 Å². The Balaban J connectivity index is 3.58. The number of aldehydes is 1. The fourth-order valence-electron chi connectivity index (χ4n) is 2.04. The van der Waals surface area contributed by atoms with Gasteiger partial charge in [-0.05, 0) is 18.4 Å². The van der Waals surface area contributed by atoms with Crippen LogP contribution in [0.3, 0.4) is 0 Å². The molecule has 0 aliphatic heterocycles. The number of esters is 1. The molecule has 0 spiro atoms. The first kappa shape index (κ1) is 18.9. The van der Waals surface area contributed by atoms with Crippen LogP contribution in [0, 0.1) is 5.92 Å². The lowest BCUT2D eigenvalue weighted by molar-refractivity contribution is -0.147. The molecule has 9 heteroatoms. The number of ether oxygens (including phenoxy) is 1. The van der Waals surface area contributed by atoms with Crippen LogP contribution in [0.4, 0.5) is 13.2 Å². The van der Waals surface area contributed by atoms with Crippen LogP contribution in [-0.4, -0.2) is 29.1 Å². The van der Waals surface area contributed by atoms with Gasteiger partial charge in [-0.2, -0.15) is 18.3 Å². The van der Waals surface area contributed by atoms with E-state index in [1.165, 1.54) is 0 Å². The average Bonchev–Trinajstić information content (AvgIpc) is 2.44. The lowest BCUT2D eigenvalue weighted by Crippen LogP contribution is -2.38. The Bertz CT molecular complexity index is 638. The summed E-state index contributed by atoms with van der Waals surface area (Å²) in [7, 11) is 1.07. The van der Waals surface area contributed by atoms with Crippen LogP contribution in [-0.2, 0) is 26.9 Å². The van der Waals surface area contributed by atoms with Crippen molar-refractivity contribution in [3.8, 4) is 0 Å². The molecule has 1 atom stereocenters. The second kappa shape index (κ2) is 7.38. The average molecular weight is 334 g/mol. The lowest BCUT2D eigenvalue weighted by Gasteiger charge is -2.20. The van der Waals surface area contributed by atoms with Crippen molar-refractivity contribution in [3.05, 3.63) is 27.7 Å². The Morgan fingerprint density at radius 3 is 2.48 bits per heavy atom. The number of rotatable bonds is 6. The summed E-state index contributed by atoms with van der Waals surface area (Å²) in [5.74, 6) is -0.971. The van der Waals surface area contributed by atoms with E-state index in [0.717, 1.165) is 7.11 Å². The van der Waals surface area contributed by atoms with Crippen LogP contribution >= 0.6 is 0 Å². The van der Waals surface area contributed by atoms with Crippen LogP contribution in [0.2, 0.25) is 0 Å². The second-order valence-corrected chi connectivity index (χ2v) is 5.34. The van der Waals surface area contributed by atoms with E-state index in [-0.39, 0.29) is 18.0 Å². The summed E-state index contributed by atoms with van der Waals surface area (Å²) in [6, 6.07) is -0.767. The fourth-order valence-corrected chi connectivity index (χ4v) is 2.04. The van der Waals surface area contributed by atoms with Gasteiger partial charge in [-0.15, -0.1) is 0 Å². The third kappa shape index (κ3) is 4.64. The van der Waals surface area contributed by atoms with E-state index in [1.54, 1.807) is 13.8 Å². The Morgan fingerprint density at radius 1 is 1.43 bits per heavy atom. The minimum Gasteiger partial charge on any atom is -0.467 e. The van der Waals surface area contributed by atoms with Gasteiger partial charge in [-0.3, -0.25) is 4.79 Å². The highest BCUT2D eigenvalue weighted by molar-refractivity contribution is 5.73. The van der Waals surface area contributed by atoms with E-state index in [2.05, 4.69) is 9.84 Å². The molecule has 1 aromatic heterocycles. The van der Waals surface area contributed by atoms with Gasteiger partial charge in [0.1, 0.15) is 11.8 Å². The fraction of sp³-hybridized carbons (Fsp3) is 0.571. The Kier molecular flexibility index (Phi) is 6.05. The zero-order chi connectivity index (χ0) is 17.8. The van der Waals surface area contributed by atoms with Gasteiger partial charge in [0.15, 0.2) is 6.04 Å². The number of hydrogen-bond acceptors (Lipinski definition) is 5. The highest BCUT2D eigenvalue weighted by atomic mass is 19.4. The van der Waals surface area contributed by atoms with E-state index < -0.39 is 35.7 Å². The van der Waals surface area contributed by atoms with Crippen molar-refractivity contribution in [1.82, 2.24) is 9.78 Å². The van der Waals surface area contributed by atoms with Gasteiger partial charge in [0.05, 0.1) is 12.8 Å². The molecule has 0 aromatic carbocycles. The number of methoxy groups -OCH3 is 1. The molecule has 0 fully saturated rings. The first-order chi connectivity index (χ1) is 10.6. The van der Waals surface area contributed by atoms with E-state index in [9.17, 15) is 27.6 Å². The van der Waals surface area contributed by atoms with Crippen molar-refractivity contribution in [1.29, 1.82) is 0 Å². The molecule has 0 saturated carbocycles. The highest BCUT2D eigenvalue weighted by Gasteiger charge is 2.37. The third-order valence-electron chi connectivity index (χ3n) is 3.05. The molecular formula is C14H17F3N2O4. The topological polar surface area (TPSA) is 78.3 Å². The van der Waals surface area contributed by atoms with Gasteiger partial charge in [0.25, 0.3) is 5.56 Å². The molecule has 0 amide bonds.